The summed E-state index contributed by atoms with van der Waals surface area (Å²) in [7, 11) is 1.55. The van der Waals surface area contributed by atoms with Gasteiger partial charge in [0.05, 0.1) is 19.2 Å². The molecule has 1 heterocycles. The summed E-state index contributed by atoms with van der Waals surface area (Å²) < 4.78 is 12.0. The Kier molecular flexibility index (Phi) is 7.42. The van der Waals surface area contributed by atoms with Crippen LogP contribution in [0.2, 0.25) is 0 Å². The van der Waals surface area contributed by atoms with Gasteiger partial charge in [-0.3, -0.25) is 14.2 Å². The van der Waals surface area contributed by atoms with Crippen molar-refractivity contribution in [3.8, 4) is 23.4 Å². The van der Waals surface area contributed by atoms with Gasteiger partial charge in [-0.15, -0.1) is 0 Å². The lowest BCUT2D eigenvalue weighted by Crippen LogP contribution is -2.31. The molecule has 0 fully saturated rings. The molecular weight excluding hydrogens is 432 g/mol. The highest BCUT2D eigenvalue weighted by atomic mass is 16.5. The summed E-state index contributed by atoms with van der Waals surface area (Å²) >= 11 is 0. The van der Waals surface area contributed by atoms with E-state index in [-0.39, 0.29) is 23.2 Å². The van der Waals surface area contributed by atoms with Crippen molar-refractivity contribution in [3.63, 3.8) is 0 Å². The lowest BCUT2D eigenvalue weighted by Gasteiger charge is -2.19. The third kappa shape index (κ3) is 4.96. The van der Waals surface area contributed by atoms with Crippen LogP contribution in [-0.2, 0) is 6.54 Å². The number of Topliss-reactive ketones (excluding diaryl/α,β-unsaturated/α-hetero) is 1. The third-order valence-electron chi connectivity index (χ3n) is 5.78. The van der Waals surface area contributed by atoms with Crippen LogP contribution in [0.1, 0.15) is 59.3 Å². The molecular formula is C27H28N2O5. The van der Waals surface area contributed by atoms with Crippen molar-refractivity contribution in [3.05, 3.63) is 86.7 Å². The Bertz CT molecular complexity index is 1280. The van der Waals surface area contributed by atoms with E-state index in [0.717, 1.165) is 10.1 Å². The van der Waals surface area contributed by atoms with Crippen molar-refractivity contribution in [2.45, 2.75) is 46.3 Å². The van der Waals surface area contributed by atoms with Crippen molar-refractivity contribution in [1.82, 2.24) is 4.57 Å². The number of ketones is 1. The summed E-state index contributed by atoms with van der Waals surface area (Å²) in [6.07, 6.45) is -0.951. The molecule has 0 radical (unpaired) electrons. The number of aromatic hydroxyl groups is 1. The highest BCUT2D eigenvalue weighted by Gasteiger charge is 2.28. The number of benzene rings is 2. The van der Waals surface area contributed by atoms with Crippen molar-refractivity contribution >= 4 is 5.78 Å². The minimum atomic E-state index is -0.951. The second-order valence-electron chi connectivity index (χ2n) is 8.40. The monoisotopic (exact) mass is 460 g/mol. The highest BCUT2D eigenvalue weighted by Crippen LogP contribution is 2.26. The summed E-state index contributed by atoms with van der Waals surface area (Å²) in [5, 5.41) is 20.6. The van der Waals surface area contributed by atoms with Crippen LogP contribution in [0.4, 0.5) is 0 Å². The standard InChI is InChI=1S/C27H28N2O5/c1-16(2)20-8-12-22(13-9-20)34-18(4)25(30)24-17(3)23(14-28)26(31)29(27(24)32)15-19-6-10-21(33-5)11-7-19/h6-13,16,18,32H,15H2,1-5H3. The summed E-state index contributed by atoms with van der Waals surface area (Å²) in [5.74, 6) is 0.499. The van der Waals surface area contributed by atoms with Crippen molar-refractivity contribution in [2.24, 2.45) is 0 Å². The fourth-order valence-corrected chi connectivity index (χ4v) is 3.70. The number of methoxy groups -OCH3 is 1. The minimum Gasteiger partial charge on any atom is -0.497 e. The lowest BCUT2D eigenvalue weighted by atomic mass is 9.99. The first kappa shape index (κ1) is 24.6. The molecule has 0 spiro atoms. The fraction of sp³-hybridized carbons (Fsp3) is 0.296. The topological polar surface area (TPSA) is 102 Å². The Balaban J connectivity index is 1.97. The Morgan fingerprint density at radius 1 is 1.06 bits per heavy atom. The highest BCUT2D eigenvalue weighted by molar-refractivity contribution is 6.03. The first-order valence-corrected chi connectivity index (χ1v) is 11.0. The number of hydrogen-bond donors (Lipinski definition) is 1. The number of nitriles is 1. The molecule has 0 aliphatic rings. The molecule has 0 amide bonds. The molecule has 1 atom stereocenters. The van der Waals surface area contributed by atoms with Gasteiger partial charge in [-0.1, -0.05) is 38.1 Å². The zero-order valence-electron chi connectivity index (χ0n) is 20.0. The number of pyridine rings is 1. The molecule has 7 heteroatoms. The van der Waals surface area contributed by atoms with Gasteiger partial charge in [0.1, 0.15) is 23.1 Å². The van der Waals surface area contributed by atoms with Gasteiger partial charge in [0.25, 0.3) is 5.56 Å². The van der Waals surface area contributed by atoms with Gasteiger partial charge in [0.2, 0.25) is 11.7 Å². The summed E-state index contributed by atoms with van der Waals surface area (Å²) in [5.41, 5.74) is 1.01. The van der Waals surface area contributed by atoms with Crippen molar-refractivity contribution in [1.29, 1.82) is 5.26 Å². The number of carbonyl (C=O) groups excluding carboxylic acids is 1. The molecule has 0 aliphatic heterocycles. The average molecular weight is 461 g/mol. The third-order valence-corrected chi connectivity index (χ3v) is 5.78. The predicted octanol–water partition coefficient (Wildman–Crippen LogP) is 4.56. The molecule has 3 aromatic rings. The normalized spacial score (nSPS) is 11.7. The zero-order chi connectivity index (χ0) is 25.0. The van der Waals surface area contributed by atoms with E-state index in [9.17, 15) is 20.0 Å². The van der Waals surface area contributed by atoms with E-state index in [4.69, 9.17) is 9.47 Å². The smallest absolute Gasteiger partial charge is 0.271 e. The van der Waals surface area contributed by atoms with E-state index in [1.54, 1.807) is 50.4 Å². The molecule has 0 bridgehead atoms. The quantitative estimate of drug-likeness (QED) is 0.494. The summed E-state index contributed by atoms with van der Waals surface area (Å²) in [6.45, 7) is 7.20. The molecule has 176 valence electrons. The molecule has 1 aromatic heterocycles. The minimum absolute atomic E-state index is 0.0181. The lowest BCUT2D eigenvalue weighted by molar-refractivity contribution is 0.0812. The Labute approximate surface area is 198 Å². The molecule has 3 rings (SSSR count). The maximum absolute atomic E-state index is 13.3. The van der Waals surface area contributed by atoms with E-state index < -0.39 is 23.3 Å². The molecule has 1 unspecified atom stereocenters. The van der Waals surface area contributed by atoms with Crippen LogP contribution < -0.4 is 15.0 Å². The first-order valence-electron chi connectivity index (χ1n) is 11.0. The van der Waals surface area contributed by atoms with E-state index in [1.807, 2.05) is 18.2 Å². The molecule has 2 aromatic carbocycles. The Morgan fingerprint density at radius 3 is 2.18 bits per heavy atom. The predicted molar refractivity (Wildman–Crippen MR) is 129 cm³/mol. The van der Waals surface area contributed by atoms with E-state index in [0.29, 0.717) is 23.0 Å². The van der Waals surface area contributed by atoms with E-state index in [1.165, 1.54) is 6.92 Å². The second-order valence-corrected chi connectivity index (χ2v) is 8.40. The van der Waals surface area contributed by atoms with E-state index >= 15 is 0 Å². The fourth-order valence-electron chi connectivity index (χ4n) is 3.70. The Morgan fingerprint density at radius 2 is 1.65 bits per heavy atom. The van der Waals surface area contributed by atoms with Crippen LogP contribution in [-0.4, -0.2) is 28.7 Å². The van der Waals surface area contributed by atoms with Crippen molar-refractivity contribution < 1.29 is 19.4 Å². The molecule has 0 aliphatic carbocycles. The SMILES string of the molecule is COc1ccc(Cn2c(O)c(C(=O)C(C)Oc3ccc(C(C)C)cc3)c(C)c(C#N)c2=O)cc1. The maximum atomic E-state index is 13.3. The summed E-state index contributed by atoms with van der Waals surface area (Å²) in [4.78, 5) is 26.2. The summed E-state index contributed by atoms with van der Waals surface area (Å²) in [6, 6.07) is 16.3. The number of nitrogens with zero attached hydrogens (tertiary/aromatic N) is 2. The second kappa shape index (κ2) is 10.3. The molecule has 0 saturated carbocycles. The van der Waals surface area contributed by atoms with Crippen LogP contribution in [0.15, 0.2) is 53.3 Å². The number of aromatic nitrogens is 1. The number of carbonyl (C=O) groups is 1. The molecule has 1 N–H and O–H groups in total. The molecule has 7 nitrogen and oxygen atoms in total. The van der Waals surface area contributed by atoms with Crippen LogP contribution in [0.25, 0.3) is 0 Å². The molecule has 34 heavy (non-hydrogen) atoms. The zero-order valence-corrected chi connectivity index (χ0v) is 20.0. The van der Waals surface area contributed by atoms with Gasteiger partial charge in [-0.25, -0.2) is 0 Å². The van der Waals surface area contributed by atoms with Crippen molar-refractivity contribution in [2.75, 3.05) is 7.11 Å². The number of hydrogen-bond acceptors (Lipinski definition) is 6. The molecule has 0 saturated heterocycles. The number of rotatable bonds is 8. The van der Waals surface area contributed by atoms with Gasteiger partial charge in [-0.2, -0.15) is 5.26 Å². The van der Waals surface area contributed by atoms with Crippen LogP contribution in [0, 0.1) is 18.3 Å². The van der Waals surface area contributed by atoms with Gasteiger partial charge in [0.15, 0.2) is 6.10 Å². The van der Waals surface area contributed by atoms with Crippen LogP contribution in [0.5, 0.6) is 17.4 Å². The van der Waals surface area contributed by atoms with Gasteiger partial charge >= 0.3 is 0 Å². The van der Waals surface area contributed by atoms with Crippen LogP contribution in [0.3, 0.4) is 0 Å². The largest absolute Gasteiger partial charge is 0.497 e. The number of ether oxygens (including phenoxy) is 2. The average Bonchev–Trinajstić information content (AvgIpc) is 2.82. The van der Waals surface area contributed by atoms with E-state index in [2.05, 4.69) is 13.8 Å². The Hall–Kier alpha value is -4.05. The van der Waals surface area contributed by atoms with Gasteiger partial charge < -0.3 is 14.6 Å². The van der Waals surface area contributed by atoms with Gasteiger partial charge in [0, 0.05) is 0 Å². The maximum Gasteiger partial charge on any atom is 0.271 e. The van der Waals surface area contributed by atoms with Crippen LogP contribution >= 0.6 is 0 Å². The first-order chi connectivity index (χ1) is 16.2. The van der Waals surface area contributed by atoms with Gasteiger partial charge in [-0.05, 0) is 60.7 Å².